The number of aryl methyl sites for hydroxylation is 1. The van der Waals surface area contributed by atoms with Crippen LogP contribution in [0.25, 0.3) is 21.1 Å². The van der Waals surface area contributed by atoms with Crippen molar-refractivity contribution >= 4 is 38.2 Å². The quantitative estimate of drug-likeness (QED) is 0.519. The highest BCUT2D eigenvalue weighted by molar-refractivity contribution is 7.16. The molecule has 3 heterocycles. The number of hydrogen-bond acceptors (Lipinski definition) is 2. The van der Waals surface area contributed by atoms with Crippen LogP contribution in [0, 0.1) is 6.92 Å². The Labute approximate surface area is 138 Å². The summed E-state index contributed by atoms with van der Waals surface area (Å²) < 4.78 is 2.26. The van der Waals surface area contributed by atoms with Gasteiger partial charge < -0.3 is 9.55 Å². The van der Waals surface area contributed by atoms with E-state index in [9.17, 15) is 4.79 Å². The SMILES string of the molecule is CCCn1c(C)c(C(=O)c2cc3ccsc3[nH]2)c2ccccc21. The summed E-state index contributed by atoms with van der Waals surface area (Å²) in [4.78, 5) is 17.5. The summed E-state index contributed by atoms with van der Waals surface area (Å²) >= 11 is 1.63. The molecule has 0 aliphatic rings. The second-order valence-electron chi connectivity index (χ2n) is 5.85. The zero-order valence-electron chi connectivity index (χ0n) is 13.2. The van der Waals surface area contributed by atoms with Crippen LogP contribution in [0.2, 0.25) is 0 Å². The van der Waals surface area contributed by atoms with Crippen molar-refractivity contribution in [3.63, 3.8) is 0 Å². The molecule has 0 amide bonds. The molecule has 0 unspecified atom stereocenters. The number of ketones is 1. The monoisotopic (exact) mass is 322 g/mol. The maximum Gasteiger partial charge on any atom is 0.211 e. The minimum atomic E-state index is 0.0805. The summed E-state index contributed by atoms with van der Waals surface area (Å²) in [6.45, 7) is 5.14. The van der Waals surface area contributed by atoms with Gasteiger partial charge in [0.05, 0.1) is 11.3 Å². The van der Waals surface area contributed by atoms with E-state index in [1.165, 1.54) is 0 Å². The lowest BCUT2D eigenvalue weighted by molar-refractivity contribution is 0.103. The van der Waals surface area contributed by atoms with E-state index in [0.717, 1.165) is 45.3 Å². The molecular formula is C19H18N2OS. The molecule has 3 aromatic heterocycles. The average molecular weight is 322 g/mol. The molecule has 4 rings (SSSR count). The van der Waals surface area contributed by atoms with E-state index < -0.39 is 0 Å². The van der Waals surface area contributed by atoms with Gasteiger partial charge in [0.1, 0.15) is 4.83 Å². The van der Waals surface area contributed by atoms with Gasteiger partial charge in [-0.25, -0.2) is 0 Å². The van der Waals surface area contributed by atoms with Gasteiger partial charge in [-0.3, -0.25) is 4.79 Å². The summed E-state index contributed by atoms with van der Waals surface area (Å²) in [7, 11) is 0. The molecule has 116 valence electrons. The number of carbonyl (C=O) groups excluding carboxylic acids is 1. The number of aromatic nitrogens is 2. The maximum absolute atomic E-state index is 13.1. The first kappa shape index (κ1) is 14.3. The van der Waals surface area contributed by atoms with E-state index in [-0.39, 0.29) is 5.78 Å². The summed E-state index contributed by atoms with van der Waals surface area (Å²) in [5.74, 6) is 0.0805. The van der Waals surface area contributed by atoms with Gasteiger partial charge in [0, 0.05) is 28.5 Å². The van der Waals surface area contributed by atoms with Crippen molar-refractivity contribution in [3.05, 3.63) is 58.7 Å². The van der Waals surface area contributed by atoms with Gasteiger partial charge in [-0.1, -0.05) is 25.1 Å². The fourth-order valence-electron chi connectivity index (χ4n) is 3.33. The molecule has 0 atom stereocenters. The number of H-pyrrole nitrogens is 1. The number of thiophene rings is 1. The highest BCUT2D eigenvalue weighted by Gasteiger charge is 2.22. The van der Waals surface area contributed by atoms with Gasteiger partial charge in [0.2, 0.25) is 5.78 Å². The van der Waals surface area contributed by atoms with Crippen LogP contribution in [0.3, 0.4) is 0 Å². The molecule has 0 saturated carbocycles. The van der Waals surface area contributed by atoms with Crippen molar-refractivity contribution in [2.24, 2.45) is 0 Å². The smallest absolute Gasteiger partial charge is 0.211 e. The number of hydrogen-bond donors (Lipinski definition) is 1. The Bertz CT molecular complexity index is 990. The van der Waals surface area contributed by atoms with Gasteiger partial charge in [-0.2, -0.15) is 0 Å². The van der Waals surface area contributed by atoms with Crippen LogP contribution in [0.4, 0.5) is 0 Å². The van der Waals surface area contributed by atoms with Crippen LogP contribution < -0.4 is 0 Å². The molecule has 23 heavy (non-hydrogen) atoms. The molecule has 4 aromatic rings. The largest absolute Gasteiger partial charge is 0.344 e. The van der Waals surface area contributed by atoms with Crippen molar-refractivity contribution in [1.82, 2.24) is 9.55 Å². The lowest BCUT2D eigenvalue weighted by Gasteiger charge is -2.06. The summed E-state index contributed by atoms with van der Waals surface area (Å²) in [5, 5.41) is 4.18. The number of nitrogens with zero attached hydrogens (tertiary/aromatic N) is 1. The first-order chi connectivity index (χ1) is 11.2. The number of rotatable bonds is 4. The Morgan fingerprint density at radius 1 is 1.26 bits per heavy atom. The lowest BCUT2D eigenvalue weighted by Crippen LogP contribution is -2.05. The van der Waals surface area contributed by atoms with Gasteiger partial charge in [-0.15, -0.1) is 11.3 Å². The van der Waals surface area contributed by atoms with Crippen LogP contribution in [0.1, 0.15) is 35.1 Å². The Balaban J connectivity index is 1.92. The summed E-state index contributed by atoms with van der Waals surface area (Å²) in [6, 6.07) is 12.2. The molecule has 1 aromatic carbocycles. The van der Waals surface area contributed by atoms with Crippen molar-refractivity contribution in [1.29, 1.82) is 0 Å². The number of benzene rings is 1. The molecule has 0 aliphatic heterocycles. The normalized spacial score (nSPS) is 11.6. The molecule has 1 N–H and O–H groups in total. The Morgan fingerprint density at radius 2 is 2.09 bits per heavy atom. The topological polar surface area (TPSA) is 37.8 Å². The standard InChI is InChI=1S/C19H18N2OS/c1-3-9-21-12(2)17(14-6-4-5-7-16(14)21)18(22)15-11-13-8-10-23-19(13)20-15/h4-8,10-11,20H,3,9H2,1-2H3. The fraction of sp³-hybridized carbons (Fsp3) is 0.211. The van der Waals surface area contributed by atoms with Crippen LogP contribution in [0.5, 0.6) is 0 Å². The third kappa shape index (κ3) is 2.13. The number of aromatic amines is 1. The summed E-state index contributed by atoms with van der Waals surface area (Å²) in [6.07, 6.45) is 1.05. The maximum atomic E-state index is 13.1. The van der Waals surface area contributed by atoms with Crippen molar-refractivity contribution in [2.75, 3.05) is 0 Å². The van der Waals surface area contributed by atoms with Gasteiger partial charge in [0.15, 0.2) is 0 Å². The van der Waals surface area contributed by atoms with Gasteiger partial charge in [-0.05, 0) is 36.9 Å². The number of fused-ring (bicyclic) bond motifs is 2. The predicted octanol–water partition coefficient (Wildman–Crippen LogP) is 5.13. The molecule has 4 heteroatoms. The van der Waals surface area contributed by atoms with E-state index in [1.807, 2.05) is 42.6 Å². The predicted molar refractivity (Wildman–Crippen MR) is 96.6 cm³/mol. The molecule has 0 bridgehead atoms. The van der Waals surface area contributed by atoms with Crippen molar-refractivity contribution < 1.29 is 4.79 Å². The van der Waals surface area contributed by atoms with Crippen LogP contribution >= 0.6 is 11.3 Å². The number of carbonyl (C=O) groups is 1. The van der Waals surface area contributed by atoms with Crippen LogP contribution in [0.15, 0.2) is 41.8 Å². The van der Waals surface area contributed by atoms with Crippen LogP contribution in [-0.4, -0.2) is 15.3 Å². The molecule has 3 nitrogen and oxygen atoms in total. The number of para-hydroxylation sites is 1. The lowest BCUT2D eigenvalue weighted by atomic mass is 10.0. The highest BCUT2D eigenvalue weighted by atomic mass is 32.1. The van der Waals surface area contributed by atoms with Gasteiger partial charge in [0.25, 0.3) is 0 Å². The van der Waals surface area contributed by atoms with E-state index in [1.54, 1.807) is 11.3 Å². The minimum absolute atomic E-state index is 0.0805. The third-order valence-corrected chi connectivity index (χ3v) is 5.24. The minimum Gasteiger partial charge on any atom is -0.344 e. The van der Waals surface area contributed by atoms with Crippen molar-refractivity contribution in [2.45, 2.75) is 26.8 Å². The Hall–Kier alpha value is -2.33. The van der Waals surface area contributed by atoms with Crippen molar-refractivity contribution in [3.8, 4) is 0 Å². The first-order valence-corrected chi connectivity index (χ1v) is 8.77. The summed E-state index contributed by atoms with van der Waals surface area (Å²) in [5.41, 5.74) is 3.69. The van der Waals surface area contributed by atoms with E-state index in [2.05, 4.69) is 22.5 Å². The van der Waals surface area contributed by atoms with E-state index >= 15 is 0 Å². The molecule has 0 fully saturated rings. The zero-order chi connectivity index (χ0) is 16.0. The second-order valence-corrected chi connectivity index (χ2v) is 6.76. The molecule has 0 radical (unpaired) electrons. The second kappa shape index (κ2) is 5.39. The molecule has 0 spiro atoms. The highest BCUT2D eigenvalue weighted by Crippen LogP contribution is 2.30. The Morgan fingerprint density at radius 3 is 2.87 bits per heavy atom. The molecular weight excluding hydrogens is 304 g/mol. The Kier molecular flexibility index (Phi) is 3.34. The zero-order valence-corrected chi connectivity index (χ0v) is 14.0. The average Bonchev–Trinajstić information content (AvgIpc) is 3.20. The van der Waals surface area contributed by atoms with Crippen LogP contribution in [-0.2, 0) is 6.54 Å². The third-order valence-electron chi connectivity index (χ3n) is 4.39. The fourth-order valence-corrected chi connectivity index (χ4v) is 4.12. The van der Waals surface area contributed by atoms with Gasteiger partial charge >= 0.3 is 0 Å². The first-order valence-electron chi connectivity index (χ1n) is 7.89. The van der Waals surface area contributed by atoms with E-state index in [4.69, 9.17) is 0 Å². The van der Waals surface area contributed by atoms with E-state index in [0.29, 0.717) is 5.69 Å². The molecule has 0 saturated heterocycles. The molecule has 0 aliphatic carbocycles. The number of nitrogens with one attached hydrogen (secondary N) is 1.